The number of nitrogens with zero attached hydrogens (tertiary/aromatic N) is 3. The maximum absolute atomic E-state index is 13.1. The van der Waals surface area contributed by atoms with Crippen molar-refractivity contribution in [3.05, 3.63) is 46.1 Å². The summed E-state index contributed by atoms with van der Waals surface area (Å²) in [7, 11) is 0. The van der Waals surface area contributed by atoms with E-state index < -0.39 is 5.54 Å². The van der Waals surface area contributed by atoms with E-state index in [0.717, 1.165) is 31.2 Å². The van der Waals surface area contributed by atoms with Crippen LogP contribution < -0.4 is 0 Å². The summed E-state index contributed by atoms with van der Waals surface area (Å²) in [6.07, 6.45) is 3.71. The molecule has 1 aromatic rings. The van der Waals surface area contributed by atoms with Crippen molar-refractivity contribution in [2.75, 3.05) is 0 Å². The minimum atomic E-state index is -0.503. The number of benzene rings is 1. The molecule has 0 spiro atoms. The molecule has 1 aliphatic rings. The molecule has 0 N–H and O–H groups in total. The van der Waals surface area contributed by atoms with Gasteiger partial charge in [-0.15, -0.1) is 0 Å². The van der Waals surface area contributed by atoms with Gasteiger partial charge in [0, 0.05) is 4.91 Å². The Hall–Kier alpha value is -1.54. The zero-order chi connectivity index (χ0) is 10.7. The average molecular weight is 205 g/mol. The lowest BCUT2D eigenvalue weighted by atomic mass is 9.89. The molecule has 0 amide bonds. The van der Waals surface area contributed by atoms with Crippen molar-refractivity contribution in [3.63, 3.8) is 0 Å². The molecule has 1 saturated carbocycles. The van der Waals surface area contributed by atoms with Crippen LogP contribution >= 0.6 is 0 Å². The third-order valence-corrected chi connectivity index (χ3v) is 3.03. The molecular formula is C11H12FN3. The number of azide groups is 1. The molecular weight excluding hydrogens is 193 g/mol. The zero-order valence-corrected chi connectivity index (χ0v) is 8.36. The first-order valence-electron chi connectivity index (χ1n) is 5.09. The van der Waals surface area contributed by atoms with Crippen LogP contribution in [0.4, 0.5) is 4.39 Å². The van der Waals surface area contributed by atoms with Gasteiger partial charge in [0.25, 0.3) is 0 Å². The molecule has 0 aliphatic heterocycles. The maximum atomic E-state index is 13.1. The van der Waals surface area contributed by atoms with Crippen molar-refractivity contribution in [2.45, 2.75) is 31.2 Å². The molecule has 1 aromatic carbocycles. The van der Waals surface area contributed by atoms with Crippen LogP contribution in [0.2, 0.25) is 0 Å². The highest BCUT2D eigenvalue weighted by atomic mass is 19.1. The van der Waals surface area contributed by atoms with E-state index >= 15 is 0 Å². The predicted molar refractivity (Wildman–Crippen MR) is 55.7 cm³/mol. The fourth-order valence-corrected chi connectivity index (χ4v) is 2.27. The Kier molecular flexibility index (Phi) is 2.60. The Morgan fingerprint density at radius 3 is 2.67 bits per heavy atom. The Morgan fingerprint density at radius 2 is 2.07 bits per heavy atom. The van der Waals surface area contributed by atoms with Crippen LogP contribution in [-0.4, -0.2) is 0 Å². The van der Waals surface area contributed by atoms with Crippen LogP contribution in [0, 0.1) is 5.82 Å². The number of rotatable bonds is 2. The van der Waals surface area contributed by atoms with E-state index in [4.69, 9.17) is 5.53 Å². The first kappa shape index (κ1) is 9.99. The highest BCUT2D eigenvalue weighted by Gasteiger charge is 2.34. The van der Waals surface area contributed by atoms with Crippen LogP contribution in [0.15, 0.2) is 29.4 Å². The Bertz CT molecular complexity index is 404. The van der Waals surface area contributed by atoms with Gasteiger partial charge in [0.15, 0.2) is 0 Å². The summed E-state index contributed by atoms with van der Waals surface area (Å²) in [6, 6.07) is 6.38. The minimum absolute atomic E-state index is 0.271. The van der Waals surface area contributed by atoms with Gasteiger partial charge in [0.2, 0.25) is 0 Å². The molecule has 1 aliphatic carbocycles. The molecule has 4 heteroatoms. The molecule has 0 heterocycles. The Labute approximate surface area is 87.5 Å². The van der Waals surface area contributed by atoms with Crippen LogP contribution in [-0.2, 0) is 5.54 Å². The average Bonchev–Trinajstić information content (AvgIpc) is 2.68. The molecule has 78 valence electrons. The van der Waals surface area contributed by atoms with Gasteiger partial charge in [-0.25, -0.2) is 4.39 Å². The van der Waals surface area contributed by atoms with E-state index in [1.807, 2.05) is 6.07 Å². The van der Waals surface area contributed by atoms with Gasteiger partial charge in [0.05, 0.1) is 5.54 Å². The third kappa shape index (κ3) is 1.81. The second kappa shape index (κ2) is 3.91. The lowest BCUT2D eigenvalue weighted by molar-refractivity contribution is 0.455. The number of hydrogen-bond acceptors (Lipinski definition) is 1. The quantitative estimate of drug-likeness (QED) is 0.399. The third-order valence-electron chi connectivity index (χ3n) is 3.03. The standard InChI is InChI=1S/C11H12FN3/c12-10-5-3-4-9(8-10)11(14-15-13)6-1-2-7-11/h3-5,8H,1-2,6-7H2. The molecule has 0 unspecified atom stereocenters. The first-order chi connectivity index (χ1) is 7.27. The molecule has 0 bridgehead atoms. The number of halogens is 1. The van der Waals surface area contributed by atoms with Gasteiger partial charge in [-0.05, 0) is 36.1 Å². The predicted octanol–water partition coefficient (Wildman–Crippen LogP) is 3.91. The molecule has 3 nitrogen and oxygen atoms in total. The van der Waals surface area contributed by atoms with Gasteiger partial charge >= 0.3 is 0 Å². The summed E-state index contributed by atoms with van der Waals surface area (Å²) < 4.78 is 13.1. The molecule has 15 heavy (non-hydrogen) atoms. The molecule has 2 rings (SSSR count). The summed E-state index contributed by atoms with van der Waals surface area (Å²) in [4.78, 5) is 2.90. The Morgan fingerprint density at radius 1 is 1.33 bits per heavy atom. The van der Waals surface area contributed by atoms with Crippen molar-refractivity contribution in [3.8, 4) is 0 Å². The summed E-state index contributed by atoms with van der Waals surface area (Å²) >= 11 is 0. The smallest absolute Gasteiger partial charge is 0.123 e. The lowest BCUT2D eigenvalue weighted by Gasteiger charge is -2.23. The van der Waals surface area contributed by atoms with Gasteiger partial charge < -0.3 is 0 Å². The van der Waals surface area contributed by atoms with Gasteiger partial charge in [-0.2, -0.15) is 0 Å². The van der Waals surface area contributed by atoms with Crippen LogP contribution in [0.25, 0.3) is 10.4 Å². The minimum Gasteiger partial charge on any atom is -0.207 e. The SMILES string of the molecule is [N-]=[N+]=NC1(c2cccc(F)c2)CCCC1. The van der Waals surface area contributed by atoms with Gasteiger partial charge in [-0.3, -0.25) is 0 Å². The van der Waals surface area contributed by atoms with Crippen LogP contribution in [0.1, 0.15) is 31.2 Å². The largest absolute Gasteiger partial charge is 0.207 e. The van der Waals surface area contributed by atoms with E-state index in [1.165, 1.54) is 12.1 Å². The second-order valence-electron chi connectivity index (χ2n) is 3.94. The Balaban J connectivity index is 2.45. The van der Waals surface area contributed by atoms with Crippen molar-refractivity contribution >= 4 is 0 Å². The molecule has 0 saturated heterocycles. The monoisotopic (exact) mass is 205 g/mol. The van der Waals surface area contributed by atoms with E-state index in [9.17, 15) is 4.39 Å². The highest BCUT2D eigenvalue weighted by molar-refractivity contribution is 5.26. The molecule has 1 fully saturated rings. The van der Waals surface area contributed by atoms with E-state index in [2.05, 4.69) is 10.0 Å². The summed E-state index contributed by atoms with van der Waals surface area (Å²) in [5.41, 5.74) is 8.89. The van der Waals surface area contributed by atoms with Gasteiger partial charge in [-0.1, -0.05) is 30.1 Å². The fraction of sp³-hybridized carbons (Fsp3) is 0.455. The normalized spacial score (nSPS) is 18.5. The molecule has 0 atom stereocenters. The summed E-state index contributed by atoms with van der Waals surface area (Å²) in [6.45, 7) is 0. The summed E-state index contributed by atoms with van der Waals surface area (Å²) in [5, 5.41) is 3.88. The fourth-order valence-electron chi connectivity index (χ4n) is 2.27. The topological polar surface area (TPSA) is 48.8 Å². The van der Waals surface area contributed by atoms with Gasteiger partial charge in [0.1, 0.15) is 5.82 Å². The van der Waals surface area contributed by atoms with E-state index in [-0.39, 0.29) is 5.82 Å². The lowest BCUT2D eigenvalue weighted by Crippen LogP contribution is -2.18. The zero-order valence-electron chi connectivity index (χ0n) is 8.36. The first-order valence-corrected chi connectivity index (χ1v) is 5.09. The maximum Gasteiger partial charge on any atom is 0.123 e. The van der Waals surface area contributed by atoms with Crippen LogP contribution in [0.3, 0.4) is 0 Å². The van der Waals surface area contributed by atoms with Crippen molar-refractivity contribution in [1.82, 2.24) is 0 Å². The van der Waals surface area contributed by atoms with Crippen molar-refractivity contribution in [2.24, 2.45) is 5.11 Å². The van der Waals surface area contributed by atoms with Crippen molar-refractivity contribution < 1.29 is 4.39 Å². The summed E-state index contributed by atoms with van der Waals surface area (Å²) in [5.74, 6) is -0.271. The second-order valence-corrected chi connectivity index (χ2v) is 3.94. The van der Waals surface area contributed by atoms with Crippen molar-refractivity contribution in [1.29, 1.82) is 0 Å². The highest BCUT2D eigenvalue weighted by Crippen LogP contribution is 2.42. The number of hydrogen-bond donors (Lipinski definition) is 0. The van der Waals surface area contributed by atoms with E-state index in [0.29, 0.717) is 0 Å². The molecule has 0 radical (unpaired) electrons. The van der Waals surface area contributed by atoms with E-state index in [1.54, 1.807) is 6.07 Å². The molecule has 0 aromatic heterocycles. The van der Waals surface area contributed by atoms with Crippen LogP contribution in [0.5, 0.6) is 0 Å².